The molecule has 0 bridgehead atoms. The fourth-order valence-corrected chi connectivity index (χ4v) is 1.82. The van der Waals surface area contributed by atoms with Crippen LogP contribution in [0.25, 0.3) is 0 Å². The number of ether oxygens (including phenoxy) is 1. The van der Waals surface area contributed by atoms with Gasteiger partial charge in [-0.1, -0.05) is 25.5 Å². The summed E-state index contributed by atoms with van der Waals surface area (Å²) >= 11 is 0. The van der Waals surface area contributed by atoms with Crippen LogP contribution in [0.2, 0.25) is 0 Å². The number of alkyl carbamates (subject to hydrolysis) is 1. The summed E-state index contributed by atoms with van der Waals surface area (Å²) in [6, 6.07) is 3.00. The van der Waals surface area contributed by atoms with Crippen LogP contribution in [0.1, 0.15) is 43.4 Å². The molecule has 0 radical (unpaired) electrons. The summed E-state index contributed by atoms with van der Waals surface area (Å²) in [7, 11) is 0. The molecule has 1 aromatic carbocycles. The first-order valence-corrected chi connectivity index (χ1v) is 7.06. The number of amides is 1. The number of halogens is 3. The average Bonchev–Trinajstić information content (AvgIpc) is 2.45. The smallest absolute Gasteiger partial charge is 0.416 e. The third-order valence-electron chi connectivity index (χ3n) is 3.04. The number of carboxylic acid groups (broad SMARTS) is 1. The van der Waals surface area contributed by atoms with E-state index in [1.165, 1.54) is 0 Å². The number of carboxylic acids is 1. The molecule has 0 saturated heterocycles. The Hall–Kier alpha value is -2.25. The molecule has 0 aliphatic carbocycles. The Bertz CT molecular complexity index is 529. The third-order valence-corrected chi connectivity index (χ3v) is 3.04. The first-order valence-electron chi connectivity index (χ1n) is 7.06. The van der Waals surface area contributed by atoms with Crippen molar-refractivity contribution in [2.45, 2.75) is 38.4 Å². The largest absolute Gasteiger partial charge is 0.481 e. The molecule has 8 heteroatoms. The Kier molecular flexibility index (Phi) is 6.87. The molecule has 0 aliphatic heterocycles. The van der Waals surface area contributed by atoms with Gasteiger partial charge in [-0.05, 0) is 24.1 Å². The molecule has 23 heavy (non-hydrogen) atoms. The second kappa shape index (κ2) is 8.40. The molecule has 128 valence electrons. The first-order chi connectivity index (χ1) is 10.7. The lowest BCUT2D eigenvalue weighted by atomic mass is 10.0. The molecule has 0 saturated carbocycles. The zero-order chi connectivity index (χ0) is 17.5. The summed E-state index contributed by atoms with van der Waals surface area (Å²) in [5.74, 6) is -1.19. The molecule has 2 N–H and O–H groups in total. The highest BCUT2D eigenvalue weighted by molar-refractivity contribution is 5.72. The van der Waals surface area contributed by atoms with Crippen LogP contribution in [-0.2, 0) is 15.7 Å². The lowest BCUT2D eigenvalue weighted by molar-refractivity contribution is -0.138. The monoisotopic (exact) mass is 333 g/mol. The summed E-state index contributed by atoms with van der Waals surface area (Å²) in [6.07, 6.45) is -4.26. The fraction of sp³-hybridized carbons (Fsp3) is 0.467. The number of alkyl halides is 3. The molecule has 1 amide bonds. The number of aliphatic carboxylic acids is 1. The summed E-state index contributed by atoms with van der Waals surface area (Å²) in [6.45, 7) is 2.10. The van der Waals surface area contributed by atoms with E-state index in [4.69, 9.17) is 9.84 Å². The summed E-state index contributed by atoms with van der Waals surface area (Å²) in [5, 5.41) is 11.2. The van der Waals surface area contributed by atoms with Crippen LogP contribution in [0.3, 0.4) is 0 Å². The van der Waals surface area contributed by atoms with E-state index in [0.29, 0.717) is 6.42 Å². The molecule has 1 aromatic rings. The summed E-state index contributed by atoms with van der Waals surface area (Å²) < 4.78 is 42.5. The van der Waals surface area contributed by atoms with Crippen LogP contribution in [-0.4, -0.2) is 23.8 Å². The van der Waals surface area contributed by atoms with E-state index in [1.54, 1.807) is 0 Å². The predicted octanol–water partition coefficient (Wildman–Crippen LogP) is 3.75. The van der Waals surface area contributed by atoms with Gasteiger partial charge in [-0.2, -0.15) is 13.2 Å². The number of rotatable bonds is 7. The summed E-state index contributed by atoms with van der Waals surface area (Å²) in [5.41, 5.74) is -0.589. The number of unbranched alkanes of at least 4 members (excludes halogenated alkanes) is 1. The van der Waals surface area contributed by atoms with Crippen molar-refractivity contribution in [2.24, 2.45) is 0 Å². The van der Waals surface area contributed by atoms with Crippen molar-refractivity contribution in [1.82, 2.24) is 5.32 Å². The molecule has 0 spiro atoms. The van der Waals surface area contributed by atoms with Crippen molar-refractivity contribution in [3.05, 3.63) is 35.4 Å². The quantitative estimate of drug-likeness (QED) is 0.745. The second-order valence-corrected chi connectivity index (χ2v) is 4.90. The van der Waals surface area contributed by atoms with E-state index in [9.17, 15) is 22.8 Å². The van der Waals surface area contributed by atoms with Gasteiger partial charge in [-0.3, -0.25) is 4.79 Å². The maximum atomic E-state index is 12.5. The molecular formula is C15H18F3NO4. The van der Waals surface area contributed by atoms with Crippen molar-refractivity contribution in [2.75, 3.05) is 6.61 Å². The molecule has 0 fully saturated rings. The molecule has 1 unspecified atom stereocenters. The molecule has 0 heterocycles. The highest BCUT2D eigenvalue weighted by Crippen LogP contribution is 2.30. The second-order valence-electron chi connectivity index (χ2n) is 4.90. The maximum absolute atomic E-state index is 12.5. The zero-order valence-corrected chi connectivity index (χ0v) is 12.5. The van der Waals surface area contributed by atoms with Crippen molar-refractivity contribution >= 4 is 12.1 Å². The third kappa shape index (κ3) is 6.58. The van der Waals surface area contributed by atoms with Crippen LogP contribution >= 0.6 is 0 Å². The van der Waals surface area contributed by atoms with Crippen molar-refractivity contribution in [1.29, 1.82) is 0 Å². The number of carbonyl (C=O) groups excluding carboxylic acids is 1. The number of hydrogen-bond donors (Lipinski definition) is 2. The highest BCUT2D eigenvalue weighted by atomic mass is 19.4. The van der Waals surface area contributed by atoms with Crippen LogP contribution in [0.4, 0.5) is 18.0 Å². The minimum absolute atomic E-state index is 0.190. The summed E-state index contributed by atoms with van der Waals surface area (Å²) in [4.78, 5) is 22.5. The average molecular weight is 333 g/mol. The van der Waals surface area contributed by atoms with Gasteiger partial charge in [0.25, 0.3) is 0 Å². The van der Waals surface area contributed by atoms with Crippen LogP contribution in [0, 0.1) is 0 Å². The van der Waals surface area contributed by atoms with Gasteiger partial charge in [0.2, 0.25) is 0 Å². The Morgan fingerprint density at radius 3 is 2.35 bits per heavy atom. The number of nitrogens with one attached hydrogen (secondary N) is 1. The van der Waals surface area contributed by atoms with Gasteiger partial charge in [0.15, 0.2) is 0 Å². The van der Waals surface area contributed by atoms with Crippen LogP contribution in [0.15, 0.2) is 24.3 Å². The topological polar surface area (TPSA) is 75.6 Å². The van der Waals surface area contributed by atoms with E-state index in [0.717, 1.165) is 30.7 Å². The lowest BCUT2D eigenvalue weighted by Gasteiger charge is -2.18. The van der Waals surface area contributed by atoms with Crippen molar-refractivity contribution in [3.8, 4) is 0 Å². The Morgan fingerprint density at radius 2 is 1.87 bits per heavy atom. The van der Waals surface area contributed by atoms with E-state index >= 15 is 0 Å². The minimum Gasteiger partial charge on any atom is -0.481 e. The normalized spacial score (nSPS) is 12.5. The van der Waals surface area contributed by atoms with Crippen LogP contribution in [0.5, 0.6) is 0 Å². The molecule has 5 nitrogen and oxygen atoms in total. The van der Waals surface area contributed by atoms with Gasteiger partial charge in [-0.25, -0.2) is 4.79 Å². The van der Waals surface area contributed by atoms with E-state index in [-0.39, 0.29) is 12.2 Å². The highest BCUT2D eigenvalue weighted by Gasteiger charge is 2.30. The molecule has 1 atom stereocenters. The number of hydrogen-bond acceptors (Lipinski definition) is 3. The molecule has 0 aliphatic rings. The fourth-order valence-electron chi connectivity index (χ4n) is 1.82. The van der Waals surface area contributed by atoms with E-state index in [1.807, 2.05) is 6.92 Å². The van der Waals surface area contributed by atoms with Crippen molar-refractivity contribution in [3.63, 3.8) is 0 Å². The Balaban J connectivity index is 2.81. The zero-order valence-electron chi connectivity index (χ0n) is 12.5. The number of carbonyl (C=O) groups is 2. The minimum atomic E-state index is -4.48. The van der Waals surface area contributed by atoms with Gasteiger partial charge in [0, 0.05) is 0 Å². The molecule has 0 aromatic heterocycles. The Labute approximate surface area is 131 Å². The van der Waals surface area contributed by atoms with Crippen LogP contribution < -0.4 is 5.32 Å². The lowest BCUT2D eigenvalue weighted by Crippen LogP contribution is -2.31. The maximum Gasteiger partial charge on any atom is 0.416 e. The number of benzene rings is 1. The van der Waals surface area contributed by atoms with Gasteiger partial charge >= 0.3 is 18.2 Å². The predicted molar refractivity (Wildman–Crippen MR) is 75.8 cm³/mol. The van der Waals surface area contributed by atoms with E-state index in [2.05, 4.69) is 5.32 Å². The van der Waals surface area contributed by atoms with Gasteiger partial charge in [0.1, 0.15) is 0 Å². The standard InChI is InChI=1S/C15H18F3NO4/c1-2-3-8-23-14(22)19-12(9-13(20)21)10-4-6-11(7-5-10)15(16,17)18/h4-7,12H,2-3,8-9H2,1H3,(H,19,22)(H,20,21). The SMILES string of the molecule is CCCCOC(=O)NC(CC(=O)O)c1ccc(C(F)(F)F)cc1. The first kappa shape index (κ1) is 18.8. The van der Waals surface area contributed by atoms with Crippen molar-refractivity contribution < 1.29 is 32.6 Å². The molecule has 1 rings (SSSR count). The Morgan fingerprint density at radius 1 is 1.26 bits per heavy atom. The van der Waals surface area contributed by atoms with Gasteiger partial charge in [-0.15, -0.1) is 0 Å². The van der Waals surface area contributed by atoms with Gasteiger partial charge in [0.05, 0.1) is 24.6 Å². The van der Waals surface area contributed by atoms with Gasteiger partial charge < -0.3 is 15.2 Å². The molecular weight excluding hydrogens is 315 g/mol. The van der Waals surface area contributed by atoms with E-state index < -0.39 is 36.3 Å².